The minimum atomic E-state index is -0.434. The molecule has 0 aliphatic carbocycles. The zero-order valence-electron chi connectivity index (χ0n) is 20.7. The molecule has 35 heavy (non-hydrogen) atoms. The molecular weight excluding hydrogens is 453 g/mol. The van der Waals surface area contributed by atoms with E-state index in [1.807, 2.05) is 13.8 Å². The summed E-state index contributed by atoms with van der Waals surface area (Å²) in [6.45, 7) is 6.34. The van der Waals surface area contributed by atoms with Crippen LogP contribution in [0, 0.1) is 11.7 Å². The maximum Gasteiger partial charge on any atom is 0.257 e. The molecule has 188 valence electrons. The summed E-state index contributed by atoms with van der Waals surface area (Å²) >= 11 is 0. The fourth-order valence-electron chi connectivity index (χ4n) is 4.09. The van der Waals surface area contributed by atoms with Crippen LogP contribution in [0.15, 0.2) is 42.5 Å². The second-order valence-electron chi connectivity index (χ2n) is 8.94. The van der Waals surface area contributed by atoms with Crippen molar-refractivity contribution >= 4 is 23.4 Å². The van der Waals surface area contributed by atoms with Gasteiger partial charge >= 0.3 is 0 Å². The highest BCUT2D eigenvalue weighted by molar-refractivity contribution is 6.05. The van der Waals surface area contributed by atoms with Crippen molar-refractivity contribution in [3.05, 3.63) is 59.4 Å². The third-order valence-corrected chi connectivity index (χ3v) is 6.22. The van der Waals surface area contributed by atoms with Crippen LogP contribution in [-0.4, -0.2) is 73.5 Å². The Morgan fingerprint density at radius 3 is 2.43 bits per heavy atom. The quantitative estimate of drug-likeness (QED) is 0.720. The summed E-state index contributed by atoms with van der Waals surface area (Å²) < 4.78 is 24.9. The molecule has 1 aliphatic rings. The lowest BCUT2D eigenvalue weighted by Crippen LogP contribution is -2.48. The summed E-state index contributed by atoms with van der Waals surface area (Å²) in [4.78, 5) is 41.5. The molecule has 0 saturated carbocycles. The van der Waals surface area contributed by atoms with Crippen LogP contribution in [0.3, 0.4) is 0 Å². The molecular formula is C26H32FN3O5. The summed E-state index contributed by atoms with van der Waals surface area (Å²) in [6.07, 6.45) is -0.268. The number of carbonyl (C=O) groups excluding carboxylic acids is 3. The third kappa shape index (κ3) is 6.36. The molecule has 0 fully saturated rings. The fourth-order valence-corrected chi connectivity index (χ4v) is 4.09. The Bertz CT molecular complexity index is 1080. The Kier molecular flexibility index (Phi) is 8.45. The minimum Gasteiger partial charge on any atom is -0.491 e. The zero-order valence-corrected chi connectivity index (χ0v) is 20.7. The van der Waals surface area contributed by atoms with Crippen LogP contribution in [0.1, 0.15) is 41.5 Å². The average molecular weight is 486 g/mol. The first kappa shape index (κ1) is 26.2. The van der Waals surface area contributed by atoms with Crippen molar-refractivity contribution in [2.75, 3.05) is 39.2 Å². The molecule has 2 aromatic carbocycles. The number of hydrogen-bond acceptors (Lipinski definition) is 5. The smallest absolute Gasteiger partial charge is 0.257 e. The molecule has 0 aromatic heterocycles. The number of likely N-dealkylation sites (N-methyl/N-ethyl adjacent to an activating group) is 1. The standard InChI is InChI=1S/C26H32FN3O5/c1-16-13-30(18(3)31)17(2)15-35-23-12-21(28-25(32)19-6-8-20(27)9-7-19)10-11-22(23)26(33)29(4)14-24(16)34-5/h6-12,16-17,24H,13-15H2,1-5H3,(H,28,32)/t16-,17+,24+/m0/s1. The number of rotatable bonds is 3. The summed E-state index contributed by atoms with van der Waals surface area (Å²) in [5, 5.41) is 2.75. The van der Waals surface area contributed by atoms with E-state index in [2.05, 4.69) is 5.32 Å². The van der Waals surface area contributed by atoms with E-state index >= 15 is 0 Å². The molecule has 1 aliphatic heterocycles. The van der Waals surface area contributed by atoms with Crippen molar-refractivity contribution in [3.63, 3.8) is 0 Å². The topological polar surface area (TPSA) is 88.2 Å². The zero-order chi connectivity index (χ0) is 25.7. The monoisotopic (exact) mass is 485 g/mol. The number of benzene rings is 2. The number of ether oxygens (including phenoxy) is 2. The van der Waals surface area contributed by atoms with Gasteiger partial charge in [0.1, 0.15) is 18.2 Å². The van der Waals surface area contributed by atoms with Crippen molar-refractivity contribution in [2.24, 2.45) is 5.92 Å². The number of amides is 3. The third-order valence-electron chi connectivity index (χ3n) is 6.22. The molecule has 0 unspecified atom stereocenters. The van der Waals surface area contributed by atoms with Crippen molar-refractivity contribution in [1.82, 2.24) is 9.80 Å². The summed E-state index contributed by atoms with van der Waals surface area (Å²) in [5.41, 5.74) is 1.04. The minimum absolute atomic E-state index is 0.00968. The van der Waals surface area contributed by atoms with Gasteiger partial charge < -0.3 is 24.6 Å². The van der Waals surface area contributed by atoms with E-state index in [0.717, 1.165) is 0 Å². The number of fused-ring (bicyclic) bond motifs is 1. The number of carbonyl (C=O) groups is 3. The maximum absolute atomic E-state index is 13.3. The normalized spacial score (nSPS) is 21.3. The first-order chi connectivity index (χ1) is 16.6. The average Bonchev–Trinajstić information content (AvgIpc) is 2.83. The number of anilines is 1. The Morgan fingerprint density at radius 2 is 1.80 bits per heavy atom. The van der Waals surface area contributed by atoms with Gasteiger partial charge in [-0.05, 0) is 43.3 Å². The Labute approximate surface area is 205 Å². The molecule has 2 aromatic rings. The SMILES string of the molecule is CO[C@@H]1CN(C)C(=O)c2ccc(NC(=O)c3ccc(F)cc3)cc2OC[C@@H](C)N(C(C)=O)C[C@@H]1C. The fraction of sp³-hybridized carbons (Fsp3) is 0.423. The number of halogens is 1. The van der Waals surface area contributed by atoms with Crippen LogP contribution in [0.25, 0.3) is 0 Å². The van der Waals surface area contributed by atoms with Gasteiger partial charge in [0.2, 0.25) is 5.91 Å². The number of nitrogens with one attached hydrogen (secondary N) is 1. The van der Waals surface area contributed by atoms with E-state index in [9.17, 15) is 18.8 Å². The van der Waals surface area contributed by atoms with Crippen LogP contribution in [0.4, 0.5) is 10.1 Å². The van der Waals surface area contributed by atoms with E-state index in [0.29, 0.717) is 29.9 Å². The van der Waals surface area contributed by atoms with Gasteiger partial charge in [0.25, 0.3) is 11.8 Å². The van der Waals surface area contributed by atoms with Gasteiger partial charge in [-0.2, -0.15) is 0 Å². The lowest BCUT2D eigenvalue weighted by Gasteiger charge is -2.35. The highest BCUT2D eigenvalue weighted by atomic mass is 19.1. The van der Waals surface area contributed by atoms with Crippen LogP contribution in [0.2, 0.25) is 0 Å². The molecule has 8 nitrogen and oxygen atoms in total. The molecule has 1 N–H and O–H groups in total. The van der Waals surface area contributed by atoms with Crippen LogP contribution < -0.4 is 10.1 Å². The van der Waals surface area contributed by atoms with E-state index in [1.165, 1.54) is 31.2 Å². The summed E-state index contributed by atoms with van der Waals surface area (Å²) in [6, 6.07) is 9.72. The predicted molar refractivity (Wildman–Crippen MR) is 130 cm³/mol. The second kappa shape index (κ2) is 11.3. The molecule has 3 amide bonds. The number of nitrogens with zero attached hydrogens (tertiary/aromatic N) is 2. The number of hydrogen-bond donors (Lipinski definition) is 1. The van der Waals surface area contributed by atoms with Gasteiger partial charge in [-0.1, -0.05) is 6.92 Å². The van der Waals surface area contributed by atoms with Gasteiger partial charge in [0, 0.05) is 57.4 Å². The summed E-state index contributed by atoms with van der Waals surface area (Å²) in [5.74, 6) is -0.904. The largest absolute Gasteiger partial charge is 0.491 e. The lowest BCUT2D eigenvalue weighted by atomic mass is 10.0. The Balaban J connectivity index is 1.93. The predicted octanol–water partition coefficient (Wildman–Crippen LogP) is 3.43. The molecule has 1 heterocycles. The van der Waals surface area contributed by atoms with Gasteiger partial charge in [0.15, 0.2) is 0 Å². The van der Waals surface area contributed by atoms with Crippen molar-refractivity contribution in [2.45, 2.75) is 32.9 Å². The maximum atomic E-state index is 13.3. The molecule has 0 saturated heterocycles. The second-order valence-corrected chi connectivity index (χ2v) is 8.94. The molecule has 0 radical (unpaired) electrons. The van der Waals surface area contributed by atoms with Gasteiger partial charge in [0.05, 0.1) is 17.7 Å². The van der Waals surface area contributed by atoms with Crippen molar-refractivity contribution < 1.29 is 28.2 Å². The molecule has 3 rings (SSSR count). The van der Waals surface area contributed by atoms with Crippen LogP contribution in [0.5, 0.6) is 5.75 Å². The van der Waals surface area contributed by atoms with Gasteiger partial charge in [-0.25, -0.2) is 4.39 Å². The molecule has 0 spiro atoms. The van der Waals surface area contributed by atoms with Gasteiger partial charge in [-0.15, -0.1) is 0 Å². The van der Waals surface area contributed by atoms with E-state index in [-0.39, 0.29) is 42.2 Å². The van der Waals surface area contributed by atoms with E-state index in [1.54, 1.807) is 42.2 Å². The van der Waals surface area contributed by atoms with Crippen LogP contribution in [-0.2, 0) is 9.53 Å². The van der Waals surface area contributed by atoms with E-state index < -0.39 is 11.7 Å². The van der Waals surface area contributed by atoms with Crippen molar-refractivity contribution in [1.29, 1.82) is 0 Å². The highest BCUT2D eigenvalue weighted by Crippen LogP contribution is 2.27. The molecule has 0 bridgehead atoms. The van der Waals surface area contributed by atoms with Crippen molar-refractivity contribution in [3.8, 4) is 5.75 Å². The number of methoxy groups -OCH3 is 1. The Morgan fingerprint density at radius 1 is 1.11 bits per heavy atom. The first-order valence-corrected chi connectivity index (χ1v) is 11.5. The molecule has 3 atom stereocenters. The van der Waals surface area contributed by atoms with Gasteiger partial charge in [-0.3, -0.25) is 14.4 Å². The Hall–Kier alpha value is -3.46. The summed E-state index contributed by atoms with van der Waals surface area (Å²) in [7, 11) is 3.28. The van der Waals surface area contributed by atoms with E-state index in [4.69, 9.17) is 9.47 Å². The highest BCUT2D eigenvalue weighted by Gasteiger charge is 2.29. The lowest BCUT2D eigenvalue weighted by molar-refractivity contribution is -0.133. The first-order valence-electron chi connectivity index (χ1n) is 11.5. The van der Waals surface area contributed by atoms with Crippen LogP contribution >= 0.6 is 0 Å². The molecule has 9 heteroatoms.